The fourth-order valence-electron chi connectivity index (χ4n) is 3.06. The smallest absolute Gasteiger partial charge is 0.0916 e. The van der Waals surface area contributed by atoms with Gasteiger partial charge in [-0.2, -0.15) is 0 Å². The minimum absolute atomic E-state index is 0.453. The van der Waals surface area contributed by atoms with Crippen molar-refractivity contribution < 1.29 is 5.11 Å². The average Bonchev–Trinajstić information content (AvgIpc) is 2.58. The third-order valence-corrected chi connectivity index (χ3v) is 4.67. The van der Waals surface area contributed by atoms with Gasteiger partial charge in [-0.1, -0.05) is 41.9 Å². The van der Waals surface area contributed by atoms with Gasteiger partial charge < -0.3 is 15.3 Å². The van der Waals surface area contributed by atoms with Crippen molar-refractivity contribution in [1.82, 2.24) is 4.90 Å². The SMILES string of the molecule is OC(CN1CCC(Nc2ccccc2)CC1)c1ccc(Cl)cc1. The molecule has 4 heteroatoms. The summed E-state index contributed by atoms with van der Waals surface area (Å²) in [6.45, 7) is 2.70. The maximum absolute atomic E-state index is 10.4. The highest BCUT2D eigenvalue weighted by molar-refractivity contribution is 6.30. The van der Waals surface area contributed by atoms with Crippen LogP contribution in [-0.4, -0.2) is 35.7 Å². The number of anilines is 1. The summed E-state index contributed by atoms with van der Waals surface area (Å²) in [5, 5.41) is 14.7. The molecule has 0 spiro atoms. The number of halogens is 1. The van der Waals surface area contributed by atoms with Crippen molar-refractivity contribution in [1.29, 1.82) is 0 Å². The normalized spacial score (nSPS) is 17.8. The second-order valence-electron chi connectivity index (χ2n) is 6.15. The molecule has 2 N–H and O–H groups in total. The number of hydrogen-bond acceptors (Lipinski definition) is 3. The average molecular weight is 331 g/mol. The summed E-state index contributed by atoms with van der Waals surface area (Å²) < 4.78 is 0. The van der Waals surface area contributed by atoms with Gasteiger partial charge in [0.25, 0.3) is 0 Å². The molecule has 1 heterocycles. The lowest BCUT2D eigenvalue weighted by Crippen LogP contribution is -2.40. The highest BCUT2D eigenvalue weighted by Gasteiger charge is 2.21. The first kappa shape index (κ1) is 16.3. The summed E-state index contributed by atoms with van der Waals surface area (Å²) in [6, 6.07) is 18.3. The number of hydrogen-bond donors (Lipinski definition) is 2. The van der Waals surface area contributed by atoms with E-state index in [0.717, 1.165) is 31.5 Å². The number of piperidine rings is 1. The molecule has 122 valence electrons. The lowest BCUT2D eigenvalue weighted by molar-refractivity contribution is 0.0991. The van der Waals surface area contributed by atoms with Crippen molar-refractivity contribution in [3.63, 3.8) is 0 Å². The number of benzene rings is 2. The summed E-state index contributed by atoms with van der Waals surface area (Å²) in [5.41, 5.74) is 2.12. The first-order valence-electron chi connectivity index (χ1n) is 8.18. The molecule has 1 atom stereocenters. The zero-order valence-electron chi connectivity index (χ0n) is 13.2. The molecule has 0 aliphatic carbocycles. The fourth-order valence-corrected chi connectivity index (χ4v) is 3.19. The molecule has 0 bridgehead atoms. The third-order valence-electron chi connectivity index (χ3n) is 4.42. The van der Waals surface area contributed by atoms with Gasteiger partial charge >= 0.3 is 0 Å². The molecule has 23 heavy (non-hydrogen) atoms. The second-order valence-corrected chi connectivity index (χ2v) is 6.59. The van der Waals surface area contributed by atoms with Crippen LogP contribution >= 0.6 is 11.6 Å². The van der Waals surface area contributed by atoms with E-state index in [1.165, 1.54) is 5.69 Å². The quantitative estimate of drug-likeness (QED) is 0.871. The van der Waals surface area contributed by atoms with Gasteiger partial charge in [0, 0.05) is 36.4 Å². The molecule has 1 fully saturated rings. The molecule has 1 unspecified atom stereocenters. The summed E-state index contributed by atoms with van der Waals surface area (Å²) in [6.07, 6.45) is 1.75. The van der Waals surface area contributed by atoms with Gasteiger partial charge in [0.1, 0.15) is 0 Å². The van der Waals surface area contributed by atoms with Gasteiger partial charge in [0.05, 0.1) is 6.10 Å². The number of nitrogens with one attached hydrogen (secondary N) is 1. The van der Waals surface area contributed by atoms with Crippen LogP contribution in [0, 0.1) is 0 Å². The van der Waals surface area contributed by atoms with E-state index in [-0.39, 0.29) is 0 Å². The number of aliphatic hydroxyl groups excluding tert-OH is 1. The third kappa shape index (κ3) is 4.71. The number of likely N-dealkylation sites (tertiary alicyclic amines) is 1. The van der Waals surface area contributed by atoms with Crippen molar-refractivity contribution in [2.24, 2.45) is 0 Å². The highest BCUT2D eigenvalue weighted by atomic mass is 35.5. The summed E-state index contributed by atoms with van der Waals surface area (Å²) in [7, 11) is 0. The van der Waals surface area contributed by atoms with Crippen molar-refractivity contribution in [2.75, 3.05) is 25.0 Å². The molecule has 1 aliphatic heterocycles. The van der Waals surface area contributed by atoms with Crippen LogP contribution < -0.4 is 5.32 Å². The maximum Gasteiger partial charge on any atom is 0.0916 e. The molecule has 2 aromatic carbocycles. The summed E-state index contributed by atoms with van der Waals surface area (Å²) >= 11 is 5.89. The van der Waals surface area contributed by atoms with E-state index in [2.05, 4.69) is 34.5 Å². The molecule has 1 aliphatic rings. The Morgan fingerprint density at radius 3 is 2.35 bits per heavy atom. The molecular formula is C19H23ClN2O. The van der Waals surface area contributed by atoms with Crippen molar-refractivity contribution in [3.05, 3.63) is 65.2 Å². The molecule has 0 radical (unpaired) electrons. The Morgan fingerprint density at radius 2 is 1.70 bits per heavy atom. The minimum Gasteiger partial charge on any atom is -0.387 e. The zero-order chi connectivity index (χ0) is 16.1. The van der Waals surface area contributed by atoms with E-state index in [1.807, 2.05) is 30.3 Å². The minimum atomic E-state index is -0.453. The van der Waals surface area contributed by atoms with Crippen molar-refractivity contribution in [2.45, 2.75) is 25.0 Å². The van der Waals surface area contributed by atoms with E-state index in [1.54, 1.807) is 0 Å². The molecular weight excluding hydrogens is 308 g/mol. The van der Waals surface area contributed by atoms with Crippen LogP contribution in [0.4, 0.5) is 5.69 Å². The van der Waals surface area contributed by atoms with Crippen LogP contribution in [0.2, 0.25) is 5.02 Å². The van der Waals surface area contributed by atoms with E-state index >= 15 is 0 Å². The Kier molecular flexibility index (Phi) is 5.55. The van der Waals surface area contributed by atoms with Crippen LogP contribution in [0.3, 0.4) is 0 Å². The van der Waals surface area contributed by atoms with E-state index in [4.69, 9.17) is 11.6 Å². The Bertz CT molecular complexity index is 595. The second kappa shape index (κ2) is 7.82. The molecule has 0 amide bonds. The zero-order valence-corrected chi connectivity index (χ0v) is 13.9. The number of β-amino-alcohol motifs (C(OH)–C–C–N with tert-alkyl or cyclic N) is 1. The standard InChI is InChI=1S/C19H23ClN2O/c20-16-8-6-15(7-9-16)19(23)14-22-12-10-18(11-13-22)21-17-4-2-1-3-5-17/h1-9,18-19,21,23H,10-14H2. The van der Waals surface area contributed by atoms with Crippen molar-refractivity contribution in [3.8, 4) is 0 Å². The van der Waals surface area contributed by atoms with E-state index in [0.29, 0.717) is 17.6 Å². The van der Waals surface area contributed by atoms with Crippen LogP contribution in [0.5, 0.6) is 0 Å². The van der Waals surface area contributed by atoms with Gasteiger partial charge in [0.15, 0.2) is 0 Å². The van der Waals surface area contributed by atoms with Gasteiger partial charge in [-0.3, -0.25) is 0 Å². The molecule has 2 aromatic rings. The molecule has 0 saturated carbocycles. The van der Waals surface area contributed by atoms with Gasteiger partial charge in [0.2, 0.25) is 0 Å². The largest absolute Gasteiger partial charge is 0.387 e. The van der Waals surface area contributed by atoms with Gasteiger partial charge in [-0.05, 0) is 42.7 Å². The Morgan fingerprint density at radius 1 is 1.04 bits per heavy atom. The first-order chi connectivity index (χ1) is 11.2. The lowest BCUT2D eigenvalue weighted by Gasteiger charge is -2.34. The molecule has 1 saturated heterocycles. The molecule has 0 aromatic heterocycles. The lowest BCUT2D eigenvalue weighted by atomic mass is 10.0. The number of aliphatic hydroxyl groups is 1. The van der Waals surface area contributed by atoms with E-state index < -0.39 is 6.10 Å². The predicted octanol–water partition coefficient (Wildman–Crippen LogP) is 3.95. The van der Waals surface area contributed by atoms with Crippen LogP contribution in [-0.2, 0) is 0 Å². The van der Waals surface area contributed by atoms with Gasteiger partial charge in [-0.25, -0.2) is 0 Å². The Labute approximate surface area is 142 Å². The number of rotatable bonds is 5. The topological polar surface area (TPSA) is 35.5 Å². The maximum atomic E-state index is 10.4. The van der Waals surface area contributed by atoms with Crippen molar-refractivity contribution >= 4 is 17.3 Å². The number of para-hydroxylation sites is 1. The monoisotopic (exact) mass is 330 g/mol. The van der Waals surface area contributed by atoms with Crippen LogP contribution in [0.1, 0.15) is 24.5 Å². The van der Waals surface area contributed by atoms with Crippen LogP contribution in [0.25, 0.3) is 0 Å². The molecule has 3 rings (SSSR count). The fraction of sp³-hybridized carbons (Fsp3) is 0.368. The van der Waals surface area contributed by atoms with E-state index in [9.17, 15) is 5.11 Å². The summed E-state index contributed by atoms with van der Waals surface area (Å²) in [4.78, 5) is 2.34. The van der Waals surface area contributed by atoms with Crippen LogP contribution in [0.15, 0.2) is 54.6 Å². The number of nitrogens with zero attached hydrogens (tertiary/aromatic N) is 1. The Balaban J connectivity index is 1.46. The summed E-state index contributed by atoms with van der Waals surface area (Å²) in [5.74, 6) is 0. The van der Waals surface area contributed by atoms with Gasteiger partial charge in [-0.15, -0.1) is 0 Å². The molecule has 3 nitrogen and oxygen atoms in total. The predicted molar refractivity (Wildman–Crippen MR) is 95.9 cm³/mol. The highest BCUT2D eigenvalue weighted by Crippen LogP contribution is 2.21. The Hall–Kier alpha value is -1.55. The first-order valence-corrected chi connectivity index (χ1v) is 8.56.